The largest absolute Gasteiger partial charge is 0.497 e. The van der Waals surface area contributed by atoms with Crippen molar-refractivity contribution in [2.45, 2.75) is 25.6 Å². The number of nitrogens with one attached hydrogen (secondary N) is 1. The normalized spacial score (nSPS) is 16.6. The van der Waals surface area contributed by atoms with Gasteiger partial charge in [0, 0.05) is 13.1 Å². The summed E-state index contributed by atoms with van der Waals surface area (Å²) in [5.74, 6) is 1.31. The number of rotatable bonds is 6. The second-order valence-corrected chi connectivity index (χ2v) is 7.51. The summed E-state index contributed by atoms with van der Waals surface area (Å²) in [5, 5.41) is 3.40. The van der Waals surface area contributed by atoms with E-state index in [0.717, 1.165) is 44.4 Å². The summed E-state index contributed by atoms with van der Waals surface area (Å²) in [6.07, 6.45) is -1.36. The maximum absolute atomic E-state index is 12.6. The molecule has 3 rings (SSSR count). The van der Waals surface area contributed by atoms with Crippen LogP contribution in [0, 0.1) is 5.92 Å². The van der Waals surface area contributed by atoms with Crippen LogP contribution >= 0.6 is 11.3 Å². The van der Waals surface area contributed by atoms with E-state index < -0.39 is 11.1 Å². The summed E-state index contributed by atoms with van der Waals surface area (Å²) in [5.41, 5.74) is 1.25. The van der Waals surface area contributed by atoms with Gasteiger partial charge in [0.15, 0.2) is 5.13 Å². The molecule has 1 fully saturated rings. The van der Waals surface area contributed by atoms with E-state index in [1.54, 1.807) is 7.11 Å². The first-order chi connectivity index (χ1) is 12.4. The van der Waals surface area contributed by atoms with Gasteiger partial charge in [-0.05, 0) is 49.5 Å². The fraction of sp³-hybridized carbons (Fsp3) is 0.500. The van der Waals surface area contributed by atoms with Gasteiger partial charge in [0.2, 0.25) is 0 Å². The topological polar surface area (TPSA) is 37.4 Å². The number of alkyl halides is 3. The van der Waals surface area contributed by atoms with Gasteiger partial charge in [-0.2, -0.15) is 13.2 Å². The van der Waals surface area contributed by atoms with Crippen LogP contribution in [-0.4, -0.2) is 36.6 Å². The average Bonchev–Trinajstić information content (AvgIpc) is 3.11. The number of ether oxygens (including phenoxy) is 1. The second-order valence-electron chi connectivity index (χ2n) is 6.48. The van der Waals surface area contributed by atoms with Crippen molar-refractivity contribution in [2.75, 3.05) is 32.1 Å². The quantitative estimate of drug-likeness (QED) is 0.795. The molecule has 142 valence electrons. The molecule has 1 aromatic carbocycles. The molecule has 4 nitrogen and oxygen atoms in total. The Kier molecular flexibility index (Phi) is 6.03. The molecule has 0 radical (unpaired) electrons. The van der Waals surface area contributed by atoms with E-state index in [2.05, 4.69) is 27.3 Å². The smallest absolute Gasteiger partial charge is 0.427 e. The van der Waals surface area contributed by atoms with Crippen LogP contribution in [0.15, 0.2) is 30.5 Å². The van der Waals surface area contributed by atoms with Crippen LogP contribution in [0.4, 0.5) is 18.3 Å². The van der Waals surface area contributed by atoms with Crippen molar-refractivity contribution >= 4 is 16.5 Å². The van der Waals surface area contributed by atoms with E-state index in [1.165, 1.54) is 5.56 Å². The Morgan fingerprint density at radius 2 is 1.92 bits per heavy atom. The number of benzene rings is 1. The van der Waals surface area contributed by atoms with Crippen LogP contribution in [0.2, 0.25) is 0 Å². The number of methoxy groups -OCH3 is 1. The molecule has 1 aliphatic heterocycles. The van der Waals surface area contributed by atoms with Crippen molar-refractivity contribution in [3.05, 3.63) is 40.9 Å². The van der Waals surface area contributed by atoms with Gasteiger partial charge in [0.05, 0.1) is 13.3 Å². The first kappa shape index (κ1) is 19.0. The van der Waals surface area contributed by atoms with Gasteiger partial charge in [-0.1, -0.05) is 23.5 Å². The predicted octanol–water partition coefficient (Wildman–Crippen LogP) is 4.49. The number of nitrogens with zero attached hydrogens (tertiary/aromatic N) is 2. The molecule has 26 heavy (non-hydrogen) atoms. The van der Waals surface area contributed by atoms with Gasteiger partial charge in [-0.15, -0.1) is 0 Å². The highest BCUT2D eigenvalue weighted by Crippen LogP contribution is 2.35. The first-order valence-electron chi connectivity index (χ1n) is 8.56. The Morgan fingerprint density at radius 1 is 1.23 bits per heavy atom. The highest BCUT2D eigenvalue weighted by atomic mass is 32.1. The van der Waals surface area contributed by atoms with Crippen LogP contribution < -0.4 is 10.1 Å². The van der Waals surface area contributed by atoms with Crippen molar-refractivity contribution in [3.8, 4) is 5.75 Å². The lowest BCUT2D eigenvalue weighted by Crippen LogP contribution is -2.35. The summed E-state index contributed by atoms with van der Waals surface area (Å²) in [4.78, 5) is 5.57. The van der Waals surface area contributed by atoms with E-state index in [1.807, 2.05) is 12.1 Å². The third-order valence-corrected chi connectivity index (χ3v) is 5.60. The summed E-state index contributed by atoms with van der Waals surface area (Å²) >= 11 is 0.666. The molecule has 0 atom stereocenters. The molecular formula is C18H22F3N3OS. The maximum Gasteiger partial charge on any atom is 0.427 e. The number of anilines is 1. The Labute approximate surface area is 155 Å². The number of hydrogen-bond acceptors (Lipinski definition) is 5. The lowest BCUT2D eigenvalue weighted by atomic mass is 9.96. The minimum Gasteiger partial charge on any atom is -0.497 e. The fourth-order valence-electron chi connectivity index (χ4n) is 3.06. The molecule has 2 heterocycles. The predicted molar refractivity (Wildman–Crippen MR) is 96.6 cm³/mol. The van der Waals surface area contributed by atoms with Gasteiger partial charge >= 0.3 is 6.18 Å². The first-order valence-corrected chi connectivity index (χ1v) is 9.38. The Balaban J connectivity index is 1.41. The molecule has 0 bridgehead atoms. The van der Waals surface area contributed by atoms with Crippen LogP contribution in [0.25, 0.3) is 0 Å². The summed E-state index contributed by atoms with van der Waals surface area (Å²) in [6.45, 7) is 3.56. The highest BCUT2D eigenvalue weighted by Gasteiger charge is 2.33. The minimum absolute atomic E-state index is 0.345. The minimum atomic E-state index is -4.32. The molecule has 0 aliphatic carbocycles. The third kappa shape index (κ3) is 5.11. The zero-order valence-electron chi connectivity index (χ0n) is 14.6. The Morgan fingerprint density at radius 3 is 2.50 bits per heavy atom. The molecule has 1 N–H and O–H groups in total. The summed E-state index contributed by atoms with van der Waals surface area (Å²) in [7, 11) is 1.66. The number of halogens is 3. The fourth-order valence-corrected chi connectivity index (χ4v) is 3.75. The van der Waals surface area contributed by atoms with Gasteiger partial charge in [0.25, 0.3) is 0 Å². The molecule has 1 aliphatic rings. The zero-order chi connectivity index (χ0) is 18.6. The molecule has 0 unspecified atom stereocenters. The third-order valence-electron chi connectivity index (χ3n) is 4.60. The molecular weight excluding hydrogens is 363 g/mol. The lowest BCUT2D eigenvalue weighted by molar-refractivity contribution is -0.134. The van der Waals surface area contributed by atoms with E-state index in [9.17, 15) is 13.2 Å². The number of aromatic nitrogens is 1. The molecule has 8 heteroatoms. The number of thiazole rings is 1. The SMILES string of the molecule is COc1ccc(CN2CCC(CNc3ncc(C(F)(F)F)s3)CC2)cc1. The van der Waals surface area contributed by atoms with Crippen LogP contribution in [-0.2, 0) is 12.7 Å². The van der Waals surface area contributed by atoms with Gasteiger partial charge < -0.3 is 10.1 Å². The van der Waals surface area contributed by atoms with Crippen LogP contribution in [0.1, 0.15) is 23.3 Å². The van der Waals surface area contributed by atoms with Crippen molar-refractivity contribution in [1.29, 1.82) is 0 Å². The lowest BCUT2D eigenvalue weighted by Gasteiger charge is -2.32. The Bertz CT molecular complexity index is 694. The second kappa shape index (κ2) is 8.26. The van der Waals surface area contributed by atoms with E-state index in [-0.39, 0.29) is 0 Å². The zero-order valence-corrected chi connectivity index (χ0v) is 15.4. The maximum atomic E-state index is 12.6. The van der Waals surface area contributed by atoms with E-state index in [4.69, 9.17) is 4.74 Å². The van der Waals surface area contributed by atoms with Crippen molar-refractivity contribution in [1.82, 2.24) is 9.88 Å². The molecule has 0 spiro atoms. The van der Waals surface area contributed by atoms with E-state index >= 15 is 0 Å². The van der Waals surface area contributed by atoms with Crippen molar-refractivity contribution in [2.24, 2.45) is 5.92 Å². The standard InChI is InChI=1S/C18H22F3N3OS/c1-25-15-4-2-14(3-5-15)12-24-8-6-13(7-9-24)10-22-17-23-11-16(26-17)18(19,20)21/h2-5,11,13H,6-10,12H2,1H3,(H,22,23). The average molecular weight is 385 g/mol. The van der Waals surface area contributed by atoms with Gasteiger partial charge in [-0.25, -0.2) is 4.98 Å². The number of hydrogen-bond donors (Lipinski definition) is 1. The summed E-state index contributed by atoms with van der Waals surface area (Å²) in [6, 6.07) is 8.09. The molecule has 2 aromatic rings. The number of likely N-dealkylation sites (tertiary alicyclic amines) is 1. The summed E-state index contributed by atoms with van der Waals surface area (Å²) < 4.78 is 42.9. The van der Waals surface area contributed by atoms with Crippen LogP contribution in [0.5, 0.6) is 5.75 Å². The molecule has 0 amide bonds. The molecule has 1 aromatic heterocycles. The van der Waals surface area contributed by atoms with Crippen molar-refractivity contribution < 1.29 is 17.9 Å². The highest BCUT2D eigenvalue weighted by molar-refractivity contribution is 7.15. The van der Waals surface area contributed by atoms with E-state index in [0.29, 0.717) is 28.9 Å². The van der Waals surface area contributed by atoms with Gasteiger partial charge in [-0.3, -0.25) is 4.90 Å². The van der Waals surface area contributed by atoms with Gasteiger partial charge in [0.1, 0.15) is 10.6 Å². The van der Waals surface area contributed by atoms with Crippen molar-refractivity contribution in [3.63, 3.8) is 0 Å². The monoisotopic (exact) mass is 385 g/mol. The number of piperidine rings is 1. The Hall–Kier alpha value is -1.80. The molecule has 1 saturated heterocycles. The van der Waals surface area contributed by atoms with Crippen LogP contribution in [0.3, 0.4) is 0 Å². The molecule has 0 saturated carbocycles.